The van der Waals surface area contributed by atoms with E-state index in [1.165, 1.54) is 16.8 Å². The molecule has 3 rings (SSSR count). The zero-order chi connectivity index (χ0) is 25.5. The first kappa shape index (κ1) is 26.0. The lowest BCUT2D eigenvalue weighted by Gasteiger charge is -2.32. The van der Waals surface area contributed by atoms with Gasteiger partial charge in [-0.05, 0) is 87.8 Å². The van der Waals surface area contributed by atoms with E-state index in [1.54, 1.807) is 26.0 Å². The number of benzene rings is 1. The van der Waals surface area contributed by atoms with Crippen molar-refractivity contribution in [3.05, 3.63) is 64.5 Å². The van der Waals surface area contributed by atoms with Gasteiger partial charge in [-0.1, -0.05) is 12.1 Å². The predicted molar refractivity (Wildman–Crippen MR) is 135 cm³/mol. The van der Waals surface area contributed by atoms with Gasteiger partial charge in [0.15, 0.2) is 5.82 Å². The molecule has 0 radical (unpaired) electrons. The molecule has 1 aromatic heterocycles. The van der Waals surface area contributed by atoms with Crippen molar-refractivity contribution in [3.63, 3.8) is 0 Å². The van der Waals surface area contributed by atoms with E-state index in [0.717, 1.165) is 43.5 Å². The van der Waals surface area contributed by atoms with Crippen molar-refractivity contribution in [1.82, 2.24) is 14.7 Å². The van der Waals surface area contributed by atoms with Crippen LogP contribution in [-0.4, -0.2) is 45.2 Å². The fraction of sp³-hybridized carbons (Fsp3) is 0.423. The van der Waals surface area contributed by atoms with Crippen molar-refractivity contribution in [1.29, 1.82) is 10.8 Å². The Morgan fingerprint density at radius 1 is 1.11 bits per heavy atom. The third kappa shape index (κ3) is 7.18. The molecular weight excluding hydrogens is 445 g/mol. The predicted octanol–water partition coefficient (Wildman–Crippen LogP) is 3.93. The van der Waals surface area contributed by atoms with Crippen LogP contribution in [0.1, 0.15) is 52.0 Å². The number of nitrogens with two attached hydrogens (primary N) is 1. The maximum absolute atomic E-state index is 13.1. The molecule has 1 amide bonds. The Balaban J connectivity index is 1.56. The summed E-state index contributed by atoms with van der Waals surface area (Å²) in [7, 11) is 0. The van der Waals surface area contributed by atoms with Crippen LogP contribution in [0.2, 0.25) is 0 Å². The van der Waals surface area contributed by atoms with E-state index in [4.69, 9.17) is 16.6 Å². The van der Waals surface area contributed by atoms with Gasteiger partial charge >= 0.3 is 0 Å². The number of rotatable bonds is 7. The monoisotopic (exact) mass is 479 g/mol. The van der Waals surface area contributed by atoms with E-state index in [1.807, 2.05) is 24.0 Å². The second-order valence-corrected chi connectivity index (χ2v) is 9.09. The van der Waals surface area contributed by atoms with Gasteiger partial charge in [-0.2, -0.15) is 0 Å². The average Bonchev–Trinajstić information content (AvgIpc) is 2.82. The molecule has 2 aromatic rings. The number of likely N-dealkylation sites (tertiary alicyclic amines) is 1. The summed E-state index contributed by atoms with van der Waals surface area (Å²) in [5.41, 5.74) is 9.42. The molecule has 9 heteroatoms. The fourth-order valence-corrected chi connectivity index (χ4v) is 4.36. The van der Waals surface area contributed by atoms with E-state index >= 15 is 0 Å². The summed E-state index contributed by atoms with van der Waals surface area (Å²) >= 11 is 0. The second-order valence-electron chi connectivity index (χ2n) is 9.09. The maximum Gasteiger partial charge on any atom is 0.222 e. The molecule has 1 aliphatic heterocycles. The van der Waals surface area contributed by atoms with Crippen molar-refractivity contribution < 1.29 is 9.18 Å². The quantitative estimate of drug-likeness (QED) is 0.412. The minimum Gasteiger partial charge on any atom is -0.402 e. The third-order valence-corrected chi connectivity index (χ3v) is 6.33. The number of nitrogens with zero attached hydrogens (tertiary/aromatic N) is 4. The van der Waals surface area contributed by atoms with Gasteiger partial charge < -0.3 is 10.6 Å². The molecule has 1 saturated heterocycles. The highest BCUT2D eigenvalue weighted by Gasteiger charge is 2.23. The Hall–Kier alpha value is -3.62. The Bertz CT molecular complexity index is 1180. The summed E-state index contributed by atoms with van der Waals surface area (Å²) in [4.78, 5) is 19.3. The fourth-order valence-electron chi connectivity index (χ4n) is 4.36. The smallest absolute Gasteiger partial charge is 0.222 e. The minimum absolute atomic E-state index is 0.103. The molecule has 1 fully saturated rings. The summed E-state index contributed by atoms with van der Waals surface area (Å²) in [6.07, 6.45) is 3.60. The lowest BCUT2D eigenvalue weighted by Crippen LogP contribution is -2.38. The van der Waals surface area contributed by atoms with Gasteiger partial charge in [-0.3, -0.25) is 15.6 Å². The largest absolute Gasteiger partial charge is 0.402 e. The minimum atomic E-state index is -0.220. The second kappa shape index (κ2) is 11.7. The van der Waals surface area contributed by atoms with Gasteiger partial charge in [-0.25, -0.2) is 14.1 Å². The van der Waals surface area contributed by atoms with Gasteiger partial charge in [0.25, 0.3) is 0 Å². The molecule has 35 heavy (non-hydrogen) atoms. The Labute approximate surface area is 205 Å². The molecular formula is C26H34FN7O. The summed E-state index contributed by atoms with van der Waals surface area (Å²) in [5.74, 6) is 0.880. The van der Waals surface area contributed by atoms with Crippen molar-refractivity contribution in [2.75, 3.05) is 13.1 Å². The van der Waals surface area contributed by atoms with Crippen LogP contribution in [0, 0.1) is 22.6 Å². The lowest BCUT2D eigenvalue weighted by atomic mass is 9.90. The van der Waals surface area contributed by atoms with E-state index < -0.39 is 0 Å². The average molecular weight is 480 g/mol. The normalized spacial score (nSPS) is 15.7. The number of halogens is 1. The third-order valence-electron chi connectivity index (χ3n) is 6.33. The first-order valence-corrected chi connectivity index (χ1v) is 11.9. The van der Waals surface area contributed by atoms with Crippen molar-refractivity contribution in [2.24, 2.45) is 16.6 Å². The Morgan fingerprint density at radius 2 is 1.77 bits per heavy atom. The molecule has 0 bridgehead atoms. The molecule has 186 valence electrons. The lowest BCUT2D eigenvalue weighted by molar-refractivity contribution is -0.132. The number of carbonyl (C=O) groups excluding carboxylic acids is 1. The molecule has 1 aliphatic rings. The maximum atomic E-state index is 13.1. The van der Waals surface area contributed by atoms with Gasteiger partial charge in [-0.15, -0.1) is 5.10 Å². The van der Waals surface area contributed by atoms with Crippen LogP contribution >= 0.6 is 0 Å². The molecule has 0 unspecified atom stereocenters. The number of nitrogens with one attached hydrogen (secondary N) is 2. The van der Waals surface area contributed by atoms with Crippen molar-refractivity contribution >= 4 is 23.3 Å². The SMILES string of the molecule is CC(=N)n1nc(N=C(C)C(CCC(=O)N2CCC(Cc3ccc(F)cc3)CC2)=C(C)N)ccc1=N. The summed E-state index contributed by atoms with van der Waals surface area (Å²) in [5, 5.41) is 19.8. The highest BCUT2D eigenvalue weighted by atomic mass is 19.1. The summed E-state index contributed by atoms with van der Waals surface area (Å²) in [6, 6.07) is 9.83. The standard InChI is InChI=1S/C26H34FN7O/c1-17(28)23(18(2)31-25-10-9-24(30)34(32-25)19(3)29)8-11-26(35)33-14-12-21(13-15-33)16-20-4-6-22(27)7-5-20/h4-7,9-10,21,29-30H,8,11-16,28H2,1-3H3. The number of amides is 1. The zero-order valence-corrected chi connectivity index (χ0v) is 20.6. The van der Waals surface area contributed by atoms with Crippen LogP contribution in [0.25, 0.3) is 0 Å². The molecule has 0 atom stereocenters. The molecule has 2 heterocycles. The number of carbonyl (C=O) groups is 1. The summed E-state index contributed by atoms with van der Waals surface area (Å²) < 4.78 is 14.3. The van der Waals surface area contributed by atoms with Gasteiger partial charge in [0.05, 0.1) is 0 Å². The van der Waals surface area contributed by atoms with Crippen LogP contribution in [-0.2, 0) is 11.2 Å². The van der Waals surface area contributed by atoms with Gasteiger partial charge in [0.1, 0.15) is 17.1 Å². The van der Waals surface area contributed by atoms with Crippen molar-refractivity contribution in [2.45, 2.75) is 52.9 Å². The van der Waals surface area contributed by atoms with E-state index in [9.17, 15) is 9.18 Å². The van der Waals surface area contributed by atoms with E-state index in [0.29, 0.717) is 36.0 Å². The van der Waals surface area contributed by atoms with Gasteiger partial charge in [0, 0.05) is 30.9 Å². The van der Waals surface area contributed by atoms with Crippen LogP contribution in [0.3, 0.4) is 0 Å². The van der Waals surface area contributed by atoms with E-state index in [-0.39, 0.29) is 23.0 Å². The van der Waals surface area contributed by atoms with E-state index in [2.05, 4.69) is 10.1 Å². The highest BCUT2D eigenvalue weighted by molar-refractivity contribution is 6.00. The summed E-state index contributed by atoms with van der Waals surface area (Å²) in [6.45, 7) is 6.63. The molecule has 0 spiro atoms. The number of allylic oxidation sites excluding steroid dienone is 2. The Morgan fingerprint density at radius 3 is 2.37 bits per heavy atom. The van der Waals surface area contributed by atoms with Crippen LogP contribution in [0.5, 0.6) is 0 Å². The zero-order valence-electron chi connectivity index (χ0n) is 20.6. The molecule has 8 nitrogen and oxygen atoms in total. The van der Waals surface area contributed by atoms with Gasteiger partial charge in [0.2, 0.25) is 5.91 Å². The molecule has 4 N–H and O–H groups in total. The molecule has 0 aliphatic carbocycles. The number of piperidine rings is 1. The first-order valence-electron chi connectivity index (χ1n) is 11.9. The highest BCUT2D eigenvalue weighted by Crippen LogP contribution is 2.23. The Kier molecular flexibility index (Phi) is 8.68. The number of hydrogen-bond donors (Lipinski definition) is 3. The molecule has 0 saturated carbocycles. The van der Waals surface area contributed by atoms with Crippen LogP contribution < -0.4 is 11.2 Å². The van der Waals surface area contributed by atoms with Crippen LogP contribution in [0.4, 0.5) is 10.2 Å². The topological polar surface area (TPSA) is 124 Å². The number of aliphatic imine (C=N–C) groups is 1. The number of hydrogen-bond acceptors (Lipinski definition) is 6. The number of aromatic nitrogens is 2. The first-order chi connectivity index (χ1) is 16.6. The molecule has 1 aromatic carbocycles. The van der Waals surface area contributed by atoms with Crippen LogP contribution in [0.15, 0.2) is 52.7 Å². The van der Waals surface area contributed by atoms with Crippen molar-refractivity contribution in [3.8, 4) is 0 Å².